The first-order valence-corrected chi connectivity index (χ1v) is 6.45. The minimum atomic E-state index is -0.347. The first-order valence-electron chi connectivity index (χ1n) is 6.45. The maximum absolute atomic E-state index is 11.6. The van der Waals surface area contributed by atoms with Crippen LogP contribution in [0.15, 0.2) is 58.8 Å². The summed E-state index contributed by atoms with van der Waals surface area (Å²) < 4.78 is 4.95. The third-order valence-corrected chi connectivity index (χ3v) is 2.75. The van der Waals surface area contributed by atoms with Crippen LogP contribution in [0.2, 0.25) is 0 Å². The summed E-state index contributed by atoms with van der Waals surface area (Å²) in [5, 5.41) is 8.35. The highest BCUT2D eigenvalue weighted by Crippen LogP contribution is 2.22. The molecule has 0 aliphatic heterocycles. The van der Waals surface area contributed by atoms with Crippen LogP contribution in [0.5, 0.6) is 0 Å². The predicted molar refractivity (Wildman–Crippen MR) is 77.8 cm³/mol. The smallest absolute Gasteiger partial charge is 0.338 e. The van der Waals surface area contributed by atoms with Gasteiger partial charge < -0.3 is 4.74 Å². The molecule has 20 heavy (non-hydrogen) atoms. The molecule has 0 atom stereocenters. The molecule has 2 aromatic rings. The molecule has 0 aromatic heterocycles. The maximum atomic E-state index is 11.6. The lowest BCUT2D eigenvalue weighted by Crippen LogP contribution is -2.03. The summed E-state index contributed by atoms with van der Waals surface area (Å²) in [5.74, 6) is -0.347. The van der Waals surface area contributed by atoms with E-state index in [0.717, 1.165) is 11.3 Å². The molecule has 0 saturated heterocycles. The standard InChI is InChI=1S/C16H16N2O2/c1-3-20-16(19)13-8-6-9-14(11-13)17-18-15-10-5-4-7-12(15)2/h4-11H,3H2,1-2H3. The van der Waals surface area contributed by atoms with Gasteiger partial charge in [0.15, 0.2) is 0 Å². The first kappa shape index (κ1) is 13.9. The molecule has 0 aliphatic carbocycles. The molecule has 0 aliphatic rings. The number of carbonyl (C=O) groups excluding carboxylic acids is 1. The van der Waals surface area contributed by atoms with Crippen LogP contribution in [-0.2, 0) is 4.74 Å². The Bertz CT molecular complexity index is 636. The minimum absolute atomic E-state index is 0.347. The number of esters is 1. The number of hydrogen-bond acceptors (Lipinski definition) is 4. The number of rotatable bonds is 4. The monoisotopic (exact) mass is 268 g/mol. The van der Waals surface area contributed by atoms with E-state index in [9.17, 15) is 4.79 Å². The molecule has 0 unspecified atom stereocenters. The zero-order valence-corrected chi connectivity index (χ0v) is 11.5. The second-order valence-electron chi connectivity index (χ2n) is 4.26. The van der Waals surface area contributed by atoms with Crippen LogP contribution in [0, 0.1) is 6.92 Å². The van der Waals surface area contributed by atoms with Gasteiger partial charge in [0.2, 0.25) is 0 Å². The molecule has 2 aromatic carbocycles. The van der Waals surface area contributed by atoms with Gasteiger partial charge in [0.25, 0.3) is 0 Å². The molecule has 4 heteroatoms. The zero-order chi connectivity index (χ0) is 14.4. The van der Waals surface area contributed by atoms with Gasteiger partial charge in [0.05, 0.1) is 23.5 Å². The van der Waals surface area contributed by atoms with E-state index in [1.54, 1.807) is 31.2 Å². The summed E-state index contributed by atoms with van der Waals surface area (Å²) in [6.07, 6.45) is 0. The Morgan fingerprint density at radius 1 is 1.10 bits per heavy atom. The second-order valence-corrected chi connectivity index (χ2v) is 4.26. The normalized spacial score (nSPS) is 10.7. The molecular formula is C16H16N2O2. The van der Waals surface area contributed by atoms with Crippen LogP contribution in [0.25, 0.3) is 0 Å². The molecular weight excluding hydrogens is 252 g/mol. The van der Waals surface area contributed by atoms with Crippen molar-refractivity contribution in [3.63, 3.8) is 0 Å². The van der Waals surface area contributed by atoms with E-state index in [4.69, 9.17) is 4.74 Å². The van der Waals surface area contributed by atoms with Gasteiger partial charge in [-0.15, -0.1) is 0 Å². The lowest BCUT2D eigenvalue weighted by molar-refractivity contribution is 0.0526. The van der Waals surface area contributed by atoms with E-state index in [1.165, 1.54) is 0 Å². The van der Waals surface area contributed by atoms with Crippen molar-refractivity contribution in [3.05, 3.63) is 59.7 Å². The van der Waals surface area contributed by atoms with E-state index < -0.39 is 0 Å². The summed E-state index contributed by atoms with van der Waals surface area (Å²) in [7, 11) is 0. The second kappa shape index (κ2) is 6.61. The average molecular weight is 268 g/mol. The predicted octanol–water partition coefficient (Wildman–Crippen LogP) is 4.59. The molecule has 0 heterocycles. The molecule has 102 valence electrons. The topological polar surface area (TPSA) is 51.0 Å². The van der Waals surface area contributed by atoms with Crippen molar-refractivity contribution in [1.82, 2.24) is 0 Å². The lowest BCUT2D eigenvalue weighted by atomic mass is 10.2. The Morgan fingerprint density at radius 2 is 1.90 bits per heavy atom. The third kappa shape index (κ3) is 3.51. The van der Waals surface area contributed by atoms with Crippen molar-refractivity contribution in [2.75, 3.05) is 6.61 Å². The van der Waals surface area contributed by atoms with Crippen molar-refractivity contribution in [2.45, 2.75) is 13.8 Å². The Hall–Kier alpha value is -2.49. The van der Waals surface area contributed by atoms with Crippen molar-refractivity contribution in [2.24, 2.45) is 10.2 Å². The highest BCUT2D eigenvalue weighted by molar-refractivity contribution is 5.90. The highest BCUT2D eigenvalue weighted by Gasteiger charge is 2.06. The highest BCUT2D eigenvalue weighted by atomic mass is 16.5. The van der Waals surface area contributed by atoms with E-state index >= 15 is 0 Å². The number of aryl methyl sites for hydroxylation is 1. The number of nitrogens with zero attached hydrogens (tertiary/aromatic N) is 2. The van der Waals surface area contributed by atoms with Crippen LogP contribution in [0.4, 0.5) is 11.4 Å². The van der Waals surface area contributed by atoms with Crippen molar-refractivity contribution in [1.29, 1.82) is 0 Å². The van der Waals surface area contributed by atoms with Gasteiger partial charge in [0, 0.05) is 0 Å². The SMILES string of the molecule is CCOC(=O)c1cccc(N=Nc2ccccc2C)c1. The van der Waals surface area contributed by atoms with Crippen molar-refractivity contribution >= 4 is 17.3 Å². The molecule has 2 rings (SSSR count). The van der Waals surface area contributed by atoms with Crippen LogP contribution in [0.3, 0.4) is 0 Å². The summed E-state index contributed by atoms with van der Waals surface area (Å²) in [6, 6.07) is 14.7. The maximum Gasteiger partial charge on any atom is 0.338 e. The number of hydrogen-bond donors (Lipinski definition) is 0. The summed E-state index contributed by atoms with van der Waals surface area (Å²) in [5.41, 5.74) is 2.97. The number of azo groups is 1. The van der Waals surface area contributed by atoms with Gasteiger partial charge in [-0.1, -0.05) is 24.3 Å². The summed E-state index contributed by atoms with van der Waals surface area (Å²) in [6.45, 7) is 4.11. The van der Waals surface area contributed by atoms with E-state index in [1.807, 2.05) is 31.2 Å². The van der Waals surface area contributed by atoms with Gasteiger partial charge >= 0.3 is 5.97 Å². The Kier molecular flexibility index (Phi) is 4.60. The zero-order valence-electron chi connectivity index (χ0n) is 11.5. The van der Waals surface area contributed by atoms with E-state index in [-0.39, 0.29) is 5.97 Å². The number of benzene rings is 2. The molecule has 0 fully saturated rings. The third-order valence-electron chi connectivity index (χ3n) is 2.75. The van der Waals surface area contributed by atoms with E-state index in [0.29, 0.717) is 17.9 Å². The van der Waals surface area contributed by atoms with Gasteiger partial charge in [0.1, 0.15) is 0 Å². The molecule has 0 amide bonds. The largest absolute Gasteiger partial charge is 0.462 e. The van der Waals surface area contributed by atoms with Crippen LogP contribution in [0.1, 0.15) is 22.8 Å². The Labute approximate surface area is 118 Å². The van der Waals surface area contributed by atoms with Crippen LogP contribution >= 0.6 is 0 Å². The quantitative estimate of drug-likeness (QED) is 0.601. The van der Waals surface area contributed by atoms with Gasteiger partial charge in [-0.2, -0.15) is 10.2 Å². The molecule has 0 radical (unpaired) electrons. The minimum Gasteiger partial charge on any atom is -0.462 e. The molecule has 0 N–H and O–H groups in total. The van der Waals surface area contributed by atoms with E-state index in [2.05, 4.69) is 10.2 Å². The molecule has 0 saturated carbocycles. The van der Waals surface area contributed by atoms with Gasteiger partial charge in [-0.25, -0.2) is 4.79 Å². The van der Waals surface area contributed by atoms with Crippen LogP contribution < -0.4 is 0 Å². The van der Waals surface area contributed by atoms with Gasteiger partial charge in [-0.05, 0) is 43.7 Å². The average Bonchev–Trinajstić information content (AvgIpc) is 2.47. The van der Waals surface area contributed by atoms with Gasteiger partial charge in [-0.3, -0.25) is 0 Å². The molecule has 4 nitrogen and oxygen atoms in total. The number of ether oxygens (including phenoxy) is 1. The summed E-state index contributed by atoms with van der Waals surface area (Å²) >= 11 is 0. The fourth-order valence-corrected chi connectivity index (χ4v) is 1.70. The summed E-state index contributed by atoms with van der Waals surface area (Å²) in [4.78, 5) is 11.6. The first-order chi connectivity index (χ1) is 9.70. The fraction of sp³-hybridized carbons (Fsp3) is 0.188. The van der Waals surface area contributed by atoms with Crippen molar-refractivity contribution < 1.29 is 9.53 Å². The molecule has 0 spiro atoms. The van der Waals surface area contributed by atoms with Crippen molar-refractivity contribution in [3.8, 4) is 0 Å². The fourth-order valence-electron chi connectivity index (χ4n) is 1.70. The number of carbonyl (C=O) groups is 1. The Balaban J connectivity index is 2.20. The Morgan fingerprint density at radius 3 is 2.65 bits per heavy atom. The molecule has 0 bridgehead atoms. The van der Waals surface area contributed by atoms with Crippen LogP contribution in [-0.4, -0.2) is 12.6 Å². The lowest BCUT2D eigenvalue weighted by Gasteiger charge is -2.02.